The third-order valence-corrected chi connectivity index (χ3v) is 5.82. The summed E-state index contributed by atoms with van der Waals surface area (Å²) < 4.78 is 21.7. The summed E-state index contributed by atoms with van der Waals surface area (Å²) in [6.07, 6.45) is 4.69. The second kappa shape index (κ2) is 10.9. The predicted molar refractivity (Wildman–Crippen MR) is 126 cm³/mol. The van der Waals surface area contributed by atoms with E-state index in [0.717, 1.165) is 38.1 Å². The van der Waals surface area contributed by atoms with Gasteiger partial charge in [0, 0.05) is 37.2 Å². The predicted octanol–water partition coefficient (Wildman–Crippen LogP) is 3.97. The van der Waals surface area contributed by atoms with E-state index in [4.69, 9.17) is 4.74 Å². The molecule has 34 heavy (non-hydrogen) atoms. The number of aryl methyl sites for hydroxylation is 1. The fraction of sp³-hybridized carbons (Fsp3) is 0.360. The van der Waals surface area contributed by atoms with Crippen LogP contribution >= 0.6 is 0 Å². The molecular weight excluding hydrogens is 437 g/mol. The van der Waals surface area contributed by atoms with Gasteiger partial charge < -0.3 is 19.9 Å². The molecule has 2 N–H and O–H groups in total. The molecule has 2 heterocycles. The highest BCUT2D eigenvalue weighted by Gasteiger charge is 2.19. The van der Waals surface area contributed by atoms with Crippen LogP contribution in [0.5, 0.6) is 5.75 Å². The monoisotopic (exact) mass is 465 g/mol. The number of carbonyl (C=O) groups excluding carboxylic acids is 2. The summed E-state index contributed by atoms with van der Waals surface area (Å²) >= 11 is 0. The van der Waals surface area contributed by atoms with Crippen molar-refractivity contribution in [2.75, 3.05) is 19.0 Å². The summed E-state index contributed by atoms with van der Waals surface area (Å²) in [4.78, 5) is 24.6. The lowest BCUT2D eigenvalue weighted by atomic mass is 10.1. The van der Waals surface area contributed by atoms with E-state index in [2.05, 4.69) is 20.8 Å². The number of methoxy groups -OCH3 is 1. The van der Waals surface area contributed by atoms with Gasteiger partial charge in [-0.1, -0.05) is 6.42 Å². The Balaban J connectivity index is 1.30. The number of carbonyl (C=O) groups is 2. The average Bonchev–Trinajstić information content (AvgIpc) is 3.10. The summed E-state index contributed by atoms with van der Waals surface area (Å²) in [5.41, 5.74) is 1.34. The number of ether oxygens (including phenoxy) is 1. The third kappa shape index (κ3) is 5.59. The molecule has 0 saturated heterocycles. The molecule has 0 unspecified atom stereocenters. The van der Waals surface area contributed by atoms with Crippen molar-refractivity contribution in [2.45, 2.75) is 45.1 Å². The van der Waals surface area contributed by atoms with Crippen molar-refractivity contribution < 1.29 is 18.7 Å². The molecular formula is C25H28FN5O3. The van der Waals surface area contributed by atoms with E-state index in [-0.39, 0.29) is 18.2 Å². The number of hydrogen-bond acceptors (Lipinski definition) is 5. The summed E-state index contributed by atoms with van der Waals surface area (Å²) in [5, 5.41) is 14.1. The largest absolute Gasteiger partial charge is 0.497 e. The Morgan fingerprint density at radius 1 is 1.09 bits per heavy atom. The molecule has 3 aromatic rings. The molecule has 1 aromatic heterocycles. The third-order valence-electron chi connectivity index (χ3n) is 5.82. The van der Waals surface area contributed by atoms with Gasteiger partial charge in [0.25, 0.3) is 5.91 Å². The molecule has 1 aliphatic heterocycles. The average molecular weight is 466 g/mol. The lowest BCUT2D eigenvalue weighted by Crippen LogP contribution is -2.25. The van der Waals surface area contributed by atoms with Crippen molar-refractivity contribution in [1.29, 1.82) is 0 Å². The second-order valence-electron chi connectivity index (χ2n) is 8.23. The molecule has 4 rings (SSSR count). The molecule has 2 amide bonds. The molecule has 0 bridgehead atoms. The van der Waals surface area contributed by atoms with Crippen LogP contribution in [0.2, 0.25) is 0 Å². The molecule has 0 fully saturated rings. The van der Waals surface area contributed by atoms with Gasteiger partial charge in [-0.3, -0.25) is 9.59 Å². The number of fused-ring (bicyclic) bond motifs is 1. The second-order valence-corrected chi connectivity index (χ2v) is 8.23. The molecule has 1 aliphatic rings. The number of benzene rings is 2. The Bertz CT molecular complexity index is 1160. The van der Waals surface area contributed by atoms with Crippen molar-refractivity contribution >= 4 is 17.5 Å². The minimum atomic E-state index is -0.404. The van der Waals surface area contributed by atoms with E-state index in [9.17, 15) is 14.0 Å². The highest BCUT2D eigenvalue weighted by molar-refractivity contribution is 5.94. The number of nitrogens with one attached hydrogen (secondary N) is 2. The van der Waals surface area contributed by atoms with E-state index in [0.29, 0.717) is 41.4 Å². The lowest BCUT2D eigenvalue weighted by molar-refractivity contribution is -0.116. The number of hydrogen-bond donors (Lipinski definition) is 2. The quantitative estimate of drug-likeness (QED) is 0.491. The highest BCUT2D eigenvalue weighted by atomic mass is 19.1. The van der Waals surface area contributed by atoms with Gasteiger partial charge in [-0.15, -0.1) is 10.2 Å². The van der Waals surface area contributed by atoms with Crippen LogP contribution in [-0.2, 0) is 17.8 Å². The first-order valence-electron chi connectivity index (χ1n) is 11.5. The van der Waals surface area contributed by atoms with Crippen LogP contribution in [0.4, 0.5) is 10.1 Å². The zero-order valence-electron chi connectivity index (χ0n) is 19.1. The summed E-state index contributed by atoms with van der Waals surface area (Å²) in [6.45, 7) is 1.12. The number of amides is 2. The maximum atomic E-state index is 14.6. The smallest absolute Gasteiger partial charge is 0.251 e. The lowest BCUT2D eigenvalue weighted by Gasteiger charge is -2.11. The van der Waals surface area contributed by atoms with Crippen molar-refractivity contribution in [1.82, 2.24) is 20.1 Å². The van der Waals surface area contributed by atoms with Gasteiger partial charge in [0.2, 0.25) is 5.91 Å². The Hall–Kier alpha value is -3.75. The molecule has 9 heteroatoms. The number of anilines is 1. The minimum absolute atomic E-state index is 0.210. The molecule has 2 aromatic carbocycles. The highest BCUT2D eigenvalue weighted by Crippen LogP contribution is 2.27. The standard InChI is InChI=1S/C25H28FN5O3/c1-34-19-11-8-17(9-12-19)25(33)27-14-5-7-23(32)28-18-10-13-21(26)20(16-18)24-30-29-22-6-3-2-4-15-31(22)24/h8-13,16H,2-7,14-15H2,1H3,(H,27,33)(H,28,32). The summed E-state index contributed by atoms with van der Waals surface area (Å²) in [5.74, 6) is 1.22. The number of halogens is 1. The molecule has 0 aliphatic carbocycles. The zero-order valence-corrected chi connectivity index (χ0v) is 19.1. The number of nitrogens with zero attached hydrogens (tertiary/aromatic N) is 3. The van der Waals surface area contributed by atoms with Crippen LogP contribution in [0.25, 0.3) is 11.4 Å². The zero-order chi connectivity index (χ0) is 23.9. The fourth-order valence-corrected chi connectivity index (χ4v) is 3.98. The maximum absolute atomic E-state index is 14.6. The first kappa shape index (κ1) is 23.4. The molecule has 8 nitrogen and oxygen atoms in total. The van der Waals surface area contributed by atoms with Gasteiger partial charge >= 0.3 is 0 Å². The van der Waals surface area contributed by atoms with Gasteiger partial charge in [-0.2, -0.15) is 0 Å². The molecule has 0 atom stereocenters. The SMILES string of the molecule is COc1ccc(C(=O)NCCCC(=O)Nc2ccc(F)c(-c3nnc4n3CCCCC4)c2)cc1. The fourth-order valence-electron chi connectivity index (χ4n) is 3.98. The van der Waals surface area contributed by atoms with Crippen molar-refractivity contribution in [2.24, 2.45) is 0 Å². The van der Waals surface area contributed by atoms with Crippen molar-refractivity contribution in [3.05, 3.63) is 59.7 Å². The Morgan fingerprint density at radius 3 is 2.71 bits per heavy atom. The topological polar surface area (TPSA) is 98.1 Å². The molecule has 0 spiro atoms. The number of rotatable bonds is 8. The minimum Gasteiger partial charge on any atom is -0.497 e. The van der Waals surface area contributed by atoms with Crippen LogP contribution in [-0.4, -0.2) is 40.2 Å². The number of aromatic nitrogens is 3. The van der Waals surface area contributed by atoms with Crippen LogP contribution < -0.4 is 15.4 Å². The van der Waals surface area contributed by atoms with E-state index in [1.165, 1.54) is 12.1 Å². The van der Waals surface area contributed by atoms with Gasteiger partial charge in [-0.05, 0) is 61.7 Å². The summed E-state index contributed by atoms with van der Waals surface area (Å²) in [7, 11) is 1.57. The van der Waals surface area contributed by atoms with Gasteiger partial charge in [-0.25, -0.2) is 4.39 Å². The van der Waals surface area contributed by atoms with E-state index in [1.54, 1.807) is 37.4 Å². The van der Waals surface area contributed by atoms with Crippen LogP contribution in [0.3, 0.4) is 0 Å². The van der Waals surface area contributed by atoms with E-state index >= 15 is 0 Å². The Morgan fingerprint density at radius 2 is 1.91 bits per heavy atom. The van der Waals surface area contributed by atoms with Crippen LogP contribution in [0.15, 0.2) is 42.5 Å². The van der Waals surface area contributed by atoms with Crippen molar-refractivity contribution in [3.63, 3.8) is 0 Å². The summed E-state index contributed by atoms with van der Waals surface area (Å²) in [6, 6.07) is 11.3. The van der Waals surface area contributed by atoms with Crippen molar-refractivity contribution in [3.8, 4) is 17.1 Å². The van der Waals surface area contributed by atoms with Crippen LogP contribution in [0, 0.1) is 5.82 Å². The molecule has 178 valence electrons. The Kier molecular flexibility index (Phi) is 7.51. The maximum Gasteiger partial charge on any atom is 0.251 e. The molecule has 0 saturated carbocycles. The Labute approximate surface area is 197 Å². The van der Waals surface area contributed by atoms with Gasteiger partial charge in [0.05, 0.1) is 12.7 Å². The van der Waals surface area contributed by atoms with Crippen LogP contribution in [0.1, 0.15) is 48.3 Å². The van der Waals surface area contributed by atoms with Gasteiger partial charge in [0.15, 0.2) is 5.82 Å². The molecule has 0 radical (unpaired) electrons. The van der Waals surface area contributed by atoms with E-state index in [1.807, 2.05) is 4.57 Å². The van der Waals surface area contributed by atoms with Gasteiger partial charge in [0.1, 0.15) is 17.4 Å². The first-order chi connectivity index (χ1) is 16.5. The first-order valence-corrected chi connectivity index (χ1v) is 11.5. The normalized spacial score (nSPS) is 13.0. The van der Waals surface area contributed by atoms with E-state index < -0.39 is 5.82 Å².